The van der Waals surface area contributed by atoms with Crippen LogP contribution in [0.4, 0.5) is 0 Å². The Bertz CT molecular complexity index is 574. The molecule has 0 aliphatic rings. The van der Waals surface area contributed by atoms with Gasteiger partial charge in [0.1, 0.15) is 5.75 Å². The lowest BCUT2D eigenvalue weighted by Crippen LogP contribution is -1.98. The number of hydrogen-bond donors (Lipinski definition) is 2. The van der Waals surface area contributed by atoms with Crippen LogP contribution in [0, 0.1) is 6.92 Å². The fraction of sp³-hybridized carbons (Fsp3) is 0.182. The summed E-state index contributed by atoms with van der Waals surface area (Å²) in [6.45, 7) is 1.69. The van der Waals surface area contributed by atoms with Crippen molar-refractivity contribution in [3.63, 3.8) is 0 Å². The molecule has 0 fully saturated rings. The van der Waals surface area contributed by atoms with E-state index in [-0.39, 0.29) is 5.56 Å². The third-order valence-corrected chi connectivity index (χ3v) is 2.80. The Labute approximate surface area is 96.8 Å². The molecule has 0 atom stereocenters. The molecule has 2 aromatic rings. The van der Waals surface area contributed by atoms with Crippen LogP contribution in [0.1, 0.15) is 16.1 Å². The largest absolute Gasteiger partial charge is 0.496 e. The third-order valence-electron chi connectivity index (χ3n) is 2.49. The van der Waals surface area contributed by atoms with Crippen LogP contribution in [0.3, 0.4) is 0 Å². The number of carboxylic acid groups (broad SMARTS) is 1. The van der Waals surface area contributed by atoms with Gasteiger partial charge in [-0.05, 0) is 19.1 Å². The van der Waals surface area contributed by atoms with Crippen molar-refractivity contribution in [1.82, 2.24) is 4.98 Å². The molecule has 2 N–H and O–H groups in total. The number of benzene rings is 1. The number of aryl methyl sites for hydroxylation is 1. The number of aromatic amines is 1. The van der Waals surface area contributed by atoms with Crippen molar-refractivity contribution in [2.24, 2.45) is 0 Å². The highest BCUT2D eigenvalue weighted by atomic mass is 35.5. The highest BCUT2D eigenvalue weighted by Gasteiger charge is 2.20. The molecule has 5 heteroatoms. The summed E-state index contributed by atoms with van der Waals surface area (Å²) in [4.78, 5) is 14.1. The van der Waals surface area contributed by atoms with Gasteiger partial charge in [0, 0.05) is 5.69 Å². The van der Waals surface area contributed by atoms with Crippen LogP contribution >= 0.6 is 11.6 Å². The molecule has 1 aromatic heterocycles. The van der Waals surface area contributed by atoms with Gasteiger partial charge in [-0.2, -0.15) is 0 Å². The Morgan fingerprint density at radius 1 is 1.50 bits per heavy atom. The van der Waals surface area contributed by atoms with Crippen LogP contribution < -0.4 is 4.74 Å². The van der Waals surface area contributed by atoms with E-state index in [0.29, 0.717) is 27.4 Å². The van der Waals surface area contributed by atoms with E-state index in [1.807, 2.05) is 0 Å². The molecule has 84 valence electrons. The number of carboxylic acids is 1. The molecule has 0 spiro atoms. The molecule has 0 unspecified atom stereocenters. The lowest BCUT2D eigenvalue weighted by Gasteiger charge is -2.03. The number of hydrogen-bond acceptors (Lipinski definition) is 2. The van der Waals surface area contributed by atoms with Crippen molar-refractivity contribution in [3.8, 4) is 5.75 Å². The Morgan fingerprint density at radius 3 is 2.75 bits per heavy atom. The zero-order chi connectivity index (χ0) is 11.9. The maximum atomic E-state index is 11.2. The Balaban J connectivity index is 2.95. The van der Waals surface area contributed by atoms with E-state index >= 15 is 0 Å². The van der Waals surface area contributed by atoms with Crippen LogP contribution in [-0.4, -0.2) is 23.2 Å². The summed E-state index contributed by atoms with van der Waals surface area (Å²) in [5, 5.41) is 10.1. The maximum absolute atomic E-state index is 11.2. The predicted molar refractivity (Wildman–Crippen MR) is 61.6 cm³/mol. The highest BCUT2D eigenvalue weighted by molar-refractivity contribution is 6.36. The second kappa shape index (κ2) is 3.72. The van der Waals surface area contributed by atoms with E-state index in [1.54, 1.807) is 19.1 Å². The molecular formula is C11H10ClNO3. The number of H-pyrrole nitrogens is 1. The average molecular weight is 240 g/mol. The molecule has 2 rings (SSSR count). The number of methoxy groups -OCH3 is 1. The van der Waals surface area contributed by atoms with Gasteiger partial charge >= 0.3 is 5.97 Å². The van der Waals surface area contributed by atoms with Gasteiger partial charge in [-0.25, -0.2) is 4.79 Å². The number of ether oxygens (including phenoxy) is 1. The quantitative estimate of drug-likeness (QED) is 0.847. The topological polar surface area (TPSA) is 62.3 Å². The first-order valence-corrected chi connectivity index (χ1v) is 5.02. The minimum absolute atomic E-state index is 0.203. The van der Waals surface area contributed by atoms with Crippen LogP contribution in [0.25, 0.3) is 10.9 Å². The number of aromatic nitrogens is 1. The Kier molecular flexibility index (Phi) is 2.52. The number of carbonyl (C=O) groups is 1. The van der Waals surface area contributed by atoms with Gasteiger partial charge in [-0.3, -0.25) is 0 Å². The first-order valence-electron chi connectivity index (χ1n) is 4.64. The molecule has 0 aliphatic carbocycles. The van der Waals surface area contributed by atoms with Crippen LogP contribution in [0.15, 0.2) is 12.1 Å². The molecular weight excluding hydrogens is 230 g/mol. The van der Waals surface area contributed by atoms with Gasteiger partial charge in [0.05, 0.1) is 28.6 Å². The number of aromatic carboxylic acids is 1. The molecule has 0 saturated carbocycles. The third kappa shape index (κ3) is 1.42. The van der Waals surface area contributed by atoms with Crippen LogP contribution in [0.5, 0.6) is 5.75 Å². The molecule has 0 amide bonds. The van der Waals surface area contributed by atoms with Crippen molar-refractivity contribution >= 4 is 28.5 Å². The summed E-state index contributed by atoms with van der Waals surface area (Å²) >= 11 is 6.00. The zero-order valence-electron chi connectivity index (χ0n) is 8.80. The molecule has 4 nitrogen and oxygen atoms in total. The Morgan fingerprint density at radius 2 is 2.19 bits per heavy atom. The fourth-order valence-corrected chi connectivity index (χ4v) is 2.01. The first kappa shape index (κ1) is 10.8. The van der Waals surface area contributed by atoms with E-state index in [9.17, 15) is 4.79 Å². The average Bonchev–Trinajstić information content (AvgIpc) is 2.57. The van der Waals surface area contributed by atoms with Gasteiger partial charge in [0.15, 0.2) is 0 Å². The van der Waals surface area contributed by atoms with Crippen molar-refractivity contribution in [3.05, 3.63) is 28.4 Å². The minimum atomic E-state index is -0.996. The maximum Gasteiger partial charge on any atom is 0.338 e. The van der Waals surface area contributed by atoms with E-state index in [1.165, 1.54) is 7.11 Å². The summed E-state index contributed by atoms with van der Waals surface area (Å²) in [6.07, 6.45) is 0. The highest BCUT2D eigenvalue weighted by Crippen LogP contribution is 2.35. The van der Waals surface area contributed by atoms with E-state index in [0.717, 1.165) is 0 Å². The molecule has 0 aliphatic heterocycles. The Hall–Kier alpha value is -1.68. The number of nitrogens with one attached hydrogen (secondary N) is 1. The first-order chi connectivity index (χ1) is 7.56. The van der Waals surface area contributed by atoms with Crippen LogP contribution in [-0.2, 0) is 0 Å². The van der Waals surface area contributed by atoms with Crippen molar-refractivity contribution in [2.45, 2.75) is 6.92 Å². The minimum Gasteiger partial charge on any atom is -0.496 e. The normalized spacial score (nSPS) is 10.7. The predicted octanol–water partition coefficient (Wildman–Crippen LogP) is 2.84. The number of fused-ring (bicyclic) bond motifs is 1. The number of halogens is 1. The molecule has 0 bridgehead atoms. The lowest BCUT2D eigenvalue weighted by molar-refractivity contribution is 0.0698. The molecule has 0 saturated heterocycles. The van der Waals surface area contributed by atoms with Crippen molar-refractivity contribution in [2.75, 3.05) is 7.11 Å². The van der Waals surface area contributed by atoms with Crippen LogP contribution in [0.2, 0.25) is 5.02 Å². The summed E-state index contributed by atoms with van der Waals surface area (Å²) in [5.41, 5.74) is 1.36. The second-order valence-corrected chi connectivity index (χ2v) is 3.84. The van der Waals surface area contributed by atoms with E-state index in [2.05, 4.69) is 4.98 Å². The van der Waals surface area contributed by atoms with Gasteiger partial charge in [0.25, 0.3) is 0 Å². The second-order valence-electron chi connectivity index (χ2n) is 3.43. The van der Waals surface area contributed by atoms with Crippen molar-refractivity contribution in [1.29, 1.82) is 0 Å². The fourth-order valence-electron chi connectivity index (χ4n) is 1.80. The summed E-state index contributed by atoms with van der Waals surface area (Å²) in [6, 6.07) is 3.33. The monoisotopic (exact) mass is 239 g/mol. The molecule has 1 aromatic carbocycles. The smallest absolute Gasteiger partial charge is 0.338 e. The molecule has 1 heterocycles. The van der Waals surface area contributed by atoms with Crippen molar-refractivity contribution < 1.29 is 14.6 Å². The standard InChI is InChI=1S/C11H10ClNO3/c1-5-8(11(14)15)9-7(16-2)4-3-6(12)10(9)13-5/h3-4,13H,1-2H3,(H,14,15). The molecule has 0 radical (unpaired) electrons. The molecule has 16 heavy (non-hydrogen) atoms. The van der Waals surface area contributed by atoms with Gasteiger partial charge in [-0.1, -0.05) is 11.6 Å². The number of rotatable bonds is 2. The summed E-state index contributed by atoms with van der Waals surface area (Å²) < 4.78 is 5.14. The lowest BCUT2D eigenvalue weighted by atomic mass is 10.1. The van der Waals surface area contributed by atoms with E-state index < -0.39 is 5.97 Å². The summed E-state index contributed by atoms with van der Waals surface area (Å²) in [7, 11) is 1.50. The SMILES string of the molecule is COc1ccc(Cl)c2[nH]c(C)c(C(=O)O)c12. The van der Waals surface area contributed by atoms with Gasteiger partial charge < -0.3 is 14.8 Å². The van der Waals surface area contributed by atoms with Gasteiger partial charge in [0.2, 0.25) is 0 Å². The zero-order valence-corrected chi connectivity index (χ0v) is 9.55. The van der Waals surface area contributed by atoms with E-state index in [4.69, 9.17) is 21.4 Å². The summed E-state index contributed by atoms with van der Waals surface area (Å²) in [5.74, 6) is -0.495. The van der Waals surface area contributed by atoms with Gasteiger partial charge in [-0.15, -0.1) is 0 Å².